The first-order valence-corrected chi connectivity index (χ1v) is 7.31. The van der Waals surface area contributed by atoms with Crippen molar-refractivity contribution in [1.29, 1.82) is 0 Å². The number of benzene rings is 1. The molecular weight excluding hydrogens is 306 g/mol. The topological polar surface area (TPSA) is 72.4 Å². The van der Waals surface area contributed by atoms with Crippen LogP contribution in [0, 0.1) is 0 Å². The molecule has 3 N–H and O–H groups in total. The molecule has 0 spiro atoms. The second kappa shape index (κ2) is 11.3. The van der Waals surface area contributed by atoms with Crippen LogP contribution in [0.3, 0.4) is 0 Å². The summed E-state index contributed by atoms with van der Waals surface area (Å²) in [6, 6.07) is 8.01. The Labute approximate surface area is 138 Å². The SMILES string of the molecule is COC(=O)CCc1ccc(OCC(O)C[NH2+]C(C)C)cc1.[Cl-]. The summed E-state index contributed by atoms with van der Waals surface area (Å²) in [6.07, 6.45) is 0.547. The van der Waals surface area contributed by atoms with Crippen molar-refractivity contribution in [3.8, 4) is 5.75 Å². The lowest BCUT2D eigenvalue weighted by molar-refractivity contribution is -0.688. The van der Waals surface area contributed by atoms with E-state index in [1.165, 1.54) is 7.11 Å². The zero-order valence-corrected chi connectivity index (χ0v) is 14.2. The number of methoxy groups -OCH3 is 1. The number of ether oxygens (including phenoxy) is 2. The lowest BCUT2D eigenvalue weighted by atomic mass is 10.1. The normalized spacial score (nSPS) is 11.7. The molecule has 1 rings (SSSR count). The predicted molar refractivity (Wildman–Crippen MR) is 80.2 cm³/mol. The van der Waals surface area contributed by atoms with Crippen LogP contribution in [0.15, 0.2) is 24.3 Å². The van der Waals surface area contributed by atoms with Gasteiger partial charge in [0, 0.05) is 6.42 Å². The minimum Gasteiger partial charge on any atom is -1.00 e. The summed E-state index contributed by atoms with van der Waals surface area (Å²) >= 11 is 0. The van der Waals surface area contributed by atoms with Crippen LogP contribution < -0.4 is 22.5 Å². The number of aliphatic hydroxyl groups excluding tert-OH is 1. The van der Waals surface area contributed by atoms with Crippen molar-refractivity contribution in [3.05, 3.63) is 29.8 Å². The van der Waals surface area contributed by atoms with E-state index in [1.807, 2.05) is 24.3 Å². The van der Waals surface area contributed by atoms with Gasteiger partial charge in [0.1, 0.15) is 25.0 Å². The number of carbonyl (C=O) groups excluding carboxylic acids is 1. The number of hydrogen-bond donors (Lipinski definition) is 2. The van der Waals surface area contributed by atoms with Crippen molar-refractivity contribution >= 4 is 5.97 Å². The molecular formula is C16H26ClNO4. The number of halogens is 1. The Morgan fingerprint density at radius 1 is 1.27 bits per heavy atom. The van der Waals surface area contributed by atoms with Crippen LogP contribution in [0.2, 0.25) is 0 Å². The highest BCUT2D eigenvalue weighted by Gasteiger charge is 2.09. The van der Waals surface area contributed by atoms with Gasteiger partial charge in [-0.3, -0.25) is 4.79 Å². The van der Waals surface area contributed by atoms with E-state index in [2.05, 4.69) is 23.9 Å². The second-order valence-electron chi connectivity index (χ2n) is 5.40. The van der Waals surface area contributed by atoms with Gasteiger partial charge in [-0.05, 0) is 38.0 Å². The molecule has 1 atom stereocenters. The van der Waals surface area contributed by atoms with E-state index in [9.17, 15) is 9.90 Å². The van der Waals surface area contributed by atoms with E-state index in [1.54, 1.807) is 0 Å². The molecule has 1 unspecified atom stereocenters. The van der Waals surface area contributed by atoms with Crippen LogP contribution in [0.1, 0.15) is 25.8 Å². The maximum Gasteiger partial charge on any atom is 0.305 e. The quantitative estimate of drug-likeness (QED) is 0.491. The lowest BCUT2D eigenvalue weighted by Crippen LogP contribution is -3.00. The molecule has 1 aromatic carbocycles. The zero-order valence-electron chi connectivity index (χ0n) is 13.4. The molecule has 5 nitrogen and oxygen atoms in total. The molecule has 0 radical (unpaired) electrons. The molecule has 6 heteroatoms. The van der Waals surface area contributed by atoms with Gasteiger partial charge >= 0.3 is 5.97 Å². The third kappa shape index (κ3) is 8.87. The van der Waals surface area contributed by atoms with Gasteiger partial charge in [-0.15, -0.1) is 0 Å². The maximum atomic E-state index is 11.1. The zero-order chi connectivity index (χ0) is 15.7. The van der Waals surface area contributed by atoms with Gasteiger partial charge in [-0.2, -0.15) is 0 Å². The van der Waals surface area contributed by atoms with E-state index >= 15 is 0 Å². The standard InChI is InChI=1S/C16H25NO4.ClH/c1-12(2)17-10-14(18)11-21-15-7-4-13(5-8-15)6-9-16(19)20-3;/h4-5,7-8,12,14,17-18H,6,9-11H2,1-3H3;1H. The van der Waals surface area contributed by atoms with Crippen LogP contribution in [-0.2, 0) is 16.0 Å². The van der Waals surface area contributed by atoms with E-state index in [0.29, 0.717) is 25.4 Å². The summed E-state index contributed by atoms with van der Waals surface area (Å²) in [5, 5.41) is 11.9. The van der Waals surface area contributed by atoms with Gasteiger partial charge in [0.25, 0.3) is 0 Å². The molecule has 126 valence electrons. The van der Waals surface area contributed by atoms with Gasteiger partial charge in [0.15, 0.2) is 0 Å². The summed E-state index contributed by atoms with van der Waals surface area (Å²) in [5.41, 5.74) is 1.06. The highest BCUT2D eigenvalue weighted by molar-refractivity contribution is 5.69. The van der Waals surface area contributed by atoms with Crippen LogP contribution >= 0.6 is 0 Å². The molecule has 0 amide bonds. The molecule has 22 heavy (non-hydrogen) atoms. The number of rotatable bonds is 9. The minimum atomic E-state index is -0.480. The second-order valence-corrected chi connectivity index (χ2v) is 5.40. The summed E-state index contributed by atoms with van der Waals surface area (Å²) in [4.78, 5) is 11.1. The first-order valence-electron chi connectivity index (χ1n) is 7.31. The number of esters is 1. The number of nitrogens with two attached hydrogens (primary N) is 1. The number of aryl methyl sites for hydroxylation is 1. The van der Waals surface area contributed by atoms with Crippen molar-refractivity contribution in [2.45, 2.75) is 38.8 Å². The van der Waals surface area contributed by atoms with E-state index < -0.39 is 6.10 Å². The van der Waals surface area contributed by atoms with Crippen molar-refractivity contribution < 1.29 is 37.1 Å². The number of hydrogen-bond acceptors (Lipinski definition) is 4. The molecule has 0 heterocycles. The van der Waals surface area contributed by atoms with Gasteiger partial charge in [0.2, 0.25) is 0 Å². The monoisotopic (exact) mass is 331 g/mol. The summed E-state index contributed by atoms with van der Waals surface area (Å²) in [7, 11) is 1.39. The van der Waals surface area contributed by atoms with E-state index in [0.717, 1.165) is 11.3 Å². The fraction of sp³-hybridized carbons (Fsp3) is 0.562. The molecule has 0 aliphatic carbocycles. The molecule has 0 aliphatic heterocycles. The van der Waals surface area contributed by atoms with Crippen molar-refractivity contribution in [3.63, 3.8) is 0 Å². The van der Waals surface area contributed by atoms with E-state index in [-0.39, 0.29) is 25.0 Å². The summed E-state index contributed by atoms with van der Waals surface area (Å²) < 4.78 is 10.1. The minimum absolute atomic E-state index is 0. The Morgan fingerprint density at radius 2 is 1.91 bits per heavy atom. The Hall–Kier alpha value is -1.30. The Bertz CT molecular complexity index is 423. The summed E-state index contributed by atoms with van der Waals surface area (Å²) in [6.45, 7) is 5.08. The number of quaternary nitrogens is 1. The fourth-order valence-corrected chi connectivity index (χ4v) is 1.79. The van der Waals surface area contributed by atoms with Crippen LogP contribution in [0.25, 0.3) is 0 Å². The van der Waals surface area contributed by atoms with Crippen molar-refractivity contribution in [2.75, 3.05) is 20.3 Å². The Balaban J connectivity index is 0.00000441. The Morgan fingerprint density at radius 3 is 2.45 bits per heavy atom. The highest BCUT2D eigenvalue weighted by Crippen LogP contribution is 2.13. The molecule has 0 bridgehead atoms. The first-order chi connectivity index (χ1) is 10.0. The molecule has 1 aromatic rings. The van der Waals surface area contributed by atoms with Gasteiger partial charge < -0.3 is 32.3 Å². The predicted octanol–water partition coefficient (Wildman–Crippen LogP) is -2.49. The van der Waals surface area contributed by atoms with Crippen molar-refractivity contribution in [1.82, 2.24) is 0 Å². The fourth-order valence-electron chi connectivity index (χ4n) is 1.79. The third-order valence-electron chi connectivity index (χ3n) is 3.09. The lowest BCUT2D eigenvalue weighted by Gasteiger charge is -2.13. The van der Waals surface area contributed by atoms with Crippen LogP contribution in [0.4, 0.5) is 0 Å². The number of aliphatic hydroxyl groups is 1. The van der Waals surface area contributed by atoms with Gasteiger partial charge in [-0.25, -0.2) is 0 Å². The Kier molecular flexibility index (Phi) is 10.6. The van der Waals surface area contributed by atoms with Crippen LogP contribution in [-0.4, -0.2) is 43.5 Å². The van der Waals surface area contributed by atoms with Crippen molar-refractivity contribution in [2.24, 2.45) is 0 Å². The molecule has 0 aromatic heterocycles. The van der Waals surface area contributed by atoms with Gasteiger partial charge in [-0.1, -0.05) is 12.1 Å². The largest absolute Gasteiger partial charge is 1.00 e. The molecule has 0 saturated heterocycles. The average molecular weight is 332 g/mol. The van der Waals surface area contributed by atoms with Gasteiger partial charge in [0.05, 0.1) is 13.2 Å². The molecule has 0 fully saturated rings. The number of carbonyl (C=O) groups is 1. The molecule has 0 aliphatic rings. The summed E-state index contributed by atoms with van der Waals surface area (Å²) in [5.74, 6) is 0.514. The maximum absolute atomic E-state index is 11.1. The molecule has 0 saturated carbocycles. The third-order valence-corrected chi connectivity index (χ3v) is 3.09. The average Bonchev–Trinajstić information content (AvgIpc) is 2.49. The smallest absolute Gasteiger partial charge is 0.305 e. The first kappa shape index (κ1) is 20.7. The van der Waals surface area contributed by atoms with E-state index in [4.69, 9.17) is 4.74 Å². The highest BCUT2D eigenvalue weighted by atomic mass is 35.5. The van der Waals surface area contributed by atoms with Crippen LogP contribution in [0.5, 0.6) is 5.75 Å².